The van der Waals surface area contributed by atoms with Crippen molar-refractivity contribution in [2.75, 3.05) is 19.0 Å². The molecular weight excluding hydrogens is 490 g/mol. The maximum absolute atomic E-state index is 12.2. The largest absolute Gasteiger partial charge is 0.468 e. The number of fused-ring (bicyclic) bond motifs is 1. The number of halogens is 1. The number of carbonyl (C=O) groups is 2. The topological polar surface area (TPSA) is 107 Å². The van der Waals surface area contributed by atoms with Crippen molar-refractivity contribution in [3.05, 3.63) is 71.0 Å². The summed E-state index contributed by atoms with van der Waals surface area (Å²) in [6, 6.07) is 16.5. The van der Waals surface area contributed by atoms with E-state index in [1.165, 1.54) is 19.4 Å². The number of aryl methyl sites for hydroxylation is 1. The van der Waals surface area contributed by atoms with Gasteiger partial charge in [-0.1, -0.05) is 15.9 Å². The monoisotopic (exact) mass is 509 g/mol. The van der Waals surface area contributed by atoms with Crippen molar-refractivity contribution in [2.24, 2.45) is 7.05 Å². The molecule has 0 saturated heterocycles. The zero-order valence-corrected chi connectivity index (χ0v) is 19.4. The molecule has 0 spiro atoms. The normalized spacial score (nSPS) is 10.6. The average Bonchev–Trinajstić information content (AvgIpc) is 3.13. The molecule has 2 heterocycles. The summed E-state index contributed by atoms with van der Waals surface area (Å²) >= 11 is 3.43. The summed E-state index contributed by atoms with van der Waals surface area (Å²) in [7, 11) is 3.18. The maximum Gasteiger partial charge on any atom is 0.325 e. The molecule has 9 nitrogen and oxygen atoms in total. The van der Waals surface area contributed by atoms with E-state index in [1.54, 1.807) is 6.07 Å². The van der Waals surface area contributed by atoms with Gasteiger partial charge in [-0.25, -0.2) is 4.98 Å². The van der Waals surface area contributed by atoms with Crippen molar-refractivity contribution in [1.29, 1.82) is 0 Å². The van der Waals surface area contributed by atoms with Gasteiger partial charge in [-0.2, -0.15) is 0 Å². The molecule has 2 aromatic carbocycles. The number of pyridine rings is 1. The van der Waals surface area contributed by atoms with Gasteiger partial charge in [-0.3, -0.25) is 14.6 Å². The Hall–Kier alpha value is -3.92. The van der Waals surface area contributed by atoms with Crippen LogP contribution in [0.15, 0.2) is 65.3 Å². The molecule has 0 saturated carbocycles. The van der Waals surface area contributed by atoms with Gasteiger partial charge in [0.15, 0.2) is 0 Å². The summed E-state index contributed by atoms with van der Waals surface area (Å²) < 4.78 is 13.4. The highest BCUT2D eigenvalue weighted by atomic mass is 79.9. The van der Waals surface area contributed by atoms with Gasteiger partial charge in [0.2, 0.25) is 5.95 Å². The SMILES string of the molecule is COC(=O)CNC(=O)c1cc(Oc2ccc3c(c2)nc(Nc2ccc(Br)cc2)n3C)ccn1. The van der Waals surface area contributed by atoms with Crippen molar-refractivity contribution < 1.29 is 19.1 Å². The minimum atomic E-state index is -0.548. The Morgan fingerprint density at radius 2 is 1.82 bits per heavy atom. The molecule has 0 fully saturated rings. The molecule has 1 amide bonds. The van der Waals surface area contributed by atoms with Crippen LogP contribution in [0.5, 0.6) is 11.5 Å². The van der Waals surface area contributed by atoms with Gasteiger partial charge in [0.1, 0.15) is 23.7 Å². The lowest BCUT2D eigenvalue weighted by molar-refractivity contribution is -0.139. The first-order valence-corrected chi connectivity index (χ1v) is 10.7. The van der Waals surface area contributed by atoms with Crippen LogP contribution in [-0.4, -0.2) is 40.1 Å². The fourth-order valence-electron chi connectivity index (χ4n) is 3.07. The molecule has 33 heavy (non-hydrogen) atoms. The molecular formula is C23H20BrN5O4. The second-order valence-corrected chi connectivity index (χ2v) is 7.93. The Kier molecular flexibility index (Phi) is 6.55. The van der Waals surface area contributed by atoms with Crippen LogP contribution in [0.4, 0.5) is 11.6 Å². The quantitative estimate of drug-likeness (QED) is 0.360. The Balaban J connectivity index is 1.50. The second-order valence-electron chi connectivity index (χ2n) is 7.01. The van der Waals surface area contributed by atoms with Gasteiger partial charge < -0.3 is 24.7 Å². The highest BCUT2D eigenvalue weighted by Crippen LogP contribution is 2.28. The van der Waals surface area contributed by atoms with Crippen molar-refractivity contribution in [1.82, 2.24) is 19.9 Å². The number of aromatic nitrogens is 3. The van der Waals surface area contributed by atoms with E-state index in [2.05, 4.69) is 41.3 Å². The standard InChI is InChI=1S/C23H20BrN5O4/c1-29-20-8-7-16(11-18(20)28-23(29)27-15-5-3-14(24)4-6-15)33-17-9-10-25-19(12-17)22(31)26-13-21(30)32-2/h3-12H,13H2,1-2H3,(H,26,31)(H,27,28). The predicted molar refractivity (Wildman–Crippen MR) is 127 cm³/mol. The van der Waals surface area contributed by atoms with Crippen LogP contribution in [0, 0.1) is 0 Å². The number of rotatable bonds is 7. The lowest BCUT2D eigenvalue weighted by Crippen LogP contribution is -2.30. The highest BCUT2D eigenvalue weighted by molar-refractivity contribution is 9.10. The van der Waals surface area contributed by atoms with Crippen LogP contribution in [0.1, 0.15) is 10.5 Å². The van der Waals surface area contributed by atoms with E-state index in [0.29, 0.717) is 17.4 Å². The third-order valence-electron chi connectivity index (χ3n) is 4.77. The van der Waals surface area contributed by atoms with Crippen molar-refractivity contribution in [3.63, 3.8) is 0 Å². The van der Waals surface area contributed by atoms with Crippen molar-refractivity contribution in [2.45, 2.75) is 0 Å². The van der Waals surface area contributed by atoms with Gasteiger partial charge in [0.05, 0.1) is 18.1 Å². The van der Waals surface area contributed by atoms with Gasteiger partial charge in [0, 0.05) is 35.5 Å². The lowest BCUT2D eigenvalue weighted by Gasteiger charge is -2.08. The Morgan fingerprint density at radius 1 is 1.06 bits per heavy atom. The average molecular weight is 510 g/mol. The first-order chi connectivity index (χ1) is 15.9. The smallest absolute Gasteiger partial charge is 0.325 e. The number of esters is 1. The van der Waals surface area contributed by atoms with E-state index in [0.717, 1.165) is 21.2 Å². The number of methoxy groups -OCH3 is 1. The number of anilines is 2. The van der Waals surface area contributed by atoms with Crippen LogP contribution >= 0.6 is 15.9 Å². The summed E-state index contributed by atoms with van der Waals surface area (Å²) in [5.74, 6) is 0.626. The summed E-state index contributed by atoms with van der Waals surface area (Å²) in [6.07, 6.45) is 1.46. The van der Waals surface area contributed by atoms with Gasteiger partial charge in [-0.15, -0.1) is 0 Å². The fourth-order valence-corrected chi connectivity index (χ4v) is 3.33. The number of nitrogens with zero attached hydrogens (tertiary/aromatic N) is 3. The molecule has 0 bridgehead atoms. The Bertz CT molecular complexity index is 1320. The maximum atomic E-state index is 12.2. The summed E-state index contributed by atoms with van der Waals surface area (Å²) in [6.45, 7) is -0.241. The molecule has 4 rings (SSSR count). The van der Waals surface area contributed by atoms with Gasteiger partial charge in [0.25, 0.3) is 5.91 Å². The van der Waals surface area contributed by atoms with Crippen LogP contribution < -0.4 is 15.4 Å². The molecule has 10 heteroatoms. The third-order valence-corrected chi connectivity index (χ3v) is 5.30. The minimum Gasteiger partial charge on any atom is -0.468 e. The molecule has 0 radical (unpaired) electrons. The van der Waals surface area contributed by atoms with Crippen LogP contribution in [0.25, 0.3) is 11.0 Å². The molecule has 0 aliphatic carbocycles. The zero-order valence-electron chi connectivity index (χ0n) is 17.8. The number of carbonyl (C=O) groups excluding carboxylic acids is 2. The van der Waals surface area contributed by atoms with Gasteiger partial charge in [-0.05, 0) is 42.5 Å². The summed E-state index contributed by atoms with van der Waals surface area (Å²) in [4.78, 5) is 32.1. The second kappa shape index (κ2) is 9.70. The zero-order chi connectivity index (χ0) is 23.4. The molecule has 0 aliphatic heterocycles. The summed E-state index contributed by atoms with van der Waals surface area (Å²) in [5.41, 5.74) is 2.72. The minimum absolute atomic E-state index is 0.122. The highest BCUT2D eigenvalue weighted by Gasteiger charge is 2.12. The molecule has 0 atom stereocenters. The number of hydrogen-bond acceptors (Lipinski definition) is 7. The van der Waals surface area contributed by atoms with Crippen LogP contribution in [0.2, 0.25) is 0 Å². The van der Waals surface area contributed by atoms with E-state index in [-0.39, 0.29) is 12.2 Å². The van der Waals surface area contributed by atoms with Crippen LogP contribution in [0.3, 0.4) is 0 Å². The summed E-state index contributed by atoms with van der Waals surface area (Å²) in [5, 5.41) is 5.75. The van der Waals surface area contributed by atoms with Gasteiger partial charge >= 0.3 is 5.97 Å². The lowest BCUT2D eigenvalue weighted by atomic mass is 10.3. The molecule has 2 aromatic heterocycles. The third kappa shape index (κ3) is 5.29. The number of imidazole rings is 1. The Labute approximate surface area is 197 Å². The van der Waals surface area contributed by atoms with E-state index < -0.39 is 11.9 Å². The molecule has 2 N–H and O–H groups in total. The molecule has 0 unspecified atom stereocenters. The first-order valence-electron chi connectivity index (χ1n) is 9.91. The van der Waals surface area contributed by atoms with E-state index in [1.807, 2.05) is 54.1 Å². The van der Waals surface area contributed by atoms with E-state index in [4.69, 9.17) is 4.74 Å². The number of amides is 1. The first kappa shape index (κ1) is 22.3. The molecule has 168 valence electrons. The van der Waals surface area contributed by atoms with Crippen molar-refractivity contribution in [3.8, 4) is 11.5 Å². The number of ether oxygens (including phenoxy) is 2. The van der Waals surface area contributed by atoms with Crippen molar-refractivity contribution >= 4 is 50.5 Å². The number of benzene rings is 2. The predicted octanol–water partition coefficient (Wildman–Crippen LogP) is 4.17. The van der Waals surface area contributed by atoms with Crippen LogP contribution in [-0.2, 0) is 16.6 Å². The number of hydrogen-bond donors (Lipinski definition) is 2. The molecule has 0 aliphatic rings. The van der Waals surface area contributed by atoms with E-state index >= 15 is 0 Å². The number of nitrogens with one attached hydrogen (secondary N) is 2. The Morgan fingerprint density at radius 3 is 2.58 bits per heavy atom. The fraction of sp³-hybridized carbons (Fsp3) is 0.130. The van der Waals surface area contributed by atoms with E-state index in [9.17, 15) is 9.59 Å². The molecule has 4 aromatic rings.